The Labute approximate surface area is 146 Å². The number of carbonyl (C=O) groups is 2. The number of nitrogens with one attached hydrogen (secondary N) is 2. The lowest BCUT2D eigenvalue weighted by Gasteiger charge is -2.35. The summed E-state index contributed by atoms with van der Waals surface area (Å²) in [5.41, 5.74) is 0. The van der Waals surface area contributed by atoms with Crippen LogP contribution in [0, 0.1) is 11.8 Å². The Kier molecular flexibility index (Phi) is 7.49. The third kappa shape index (κ3) is 6.40. The lowest BCUT2D eigenvalue weighted by Crippen LogP contribution is -2.53. The number of nitrogens with zero attached hydrogens (tertiary/aromatic N) is 2. The van der Waals surface area contributed by atoms with Gasteiger partial charge in [0.2, 0.25) is 5.91 Å². The molecule has 1 saturated heterocycles. The van der Waals surface area contributed by atoms with E-state index in [1.54, 1.807) is 0 Å². The fourth-order valence-electron chi connectivity index (χ4n) is 3.75. The Bertz CT molecular complexity index is 419. The van der Waals surface area contributed by atoms with E-state index >= 15 is 0 Å². The van der Waals surface area contributed by atoms with Crippen LogP contribution in [0.1, 0.15) is 46.5 Å². The number of hydrogen-bond donors (Lipinski definition) is 2. The smallest absolute Gasteiger partial charge is 0.321 e. The molecule has 0 aromatic carbocycles. The minimum Gasteiger partial charge on any atom is -0.335 e. The number of piperazine rings is 1. The predicted octanol–water partition coefficient (Wildman–Crippen LogP) is 1.66. The molecule has 2 atom stereocenters. The molecule has 1 heterocycles. The molecule has 6 nitrogen and oxygen atoms in total. The van der Waals surface area contributed by atoms with E-state index in [-0.39, 0.29) is 18.0 Å². The molecule has 2 fully saturated rings. The van der Waals surface area contributed by atoms with Crippen molar-refractivity contribution in [2.24, 2.45) is 11.8 Å². The van der Waals surface area contributed by atoms with Crippen LogP contribution in [0.3, 0.4) is 0 Å². The maximum absolute atomic E-state index is 12.1. The summed E-state index contributed by atoms with van der Waals surface area (Å²) >= 11 is 0. The fraction of sp³-hybridized carbons (Fsp3) is 0.889. The van der Waals surface area contributed by atoms with E-state index in [1.165, 1.54) is 6.42 Å². The van der Waals surface area contributed by atoms with Crippen molar-refractivity contribution in [3.63, 3.8) is 0 Å². The number of hydrogen-bond acceptors (Lipinski definition) is 4. The quantitative estimate of drug-likeness (QED) is 0.800. The summed E-state index contributed by atoms with van der Waals surface area (Å²) in [6.45, 7) is 11.8. The second-order valence-corrected chi connectivity index (χ2v) is 7.86. The topological polar surface area (TPSA) is 64.7 Å². The van der Waals surface area contributed by atoms with Crippen LogP contribution in [-0.2, 0) is 4.79 Å². The summed E-state index contributed by atoms with van der Waals surface area (Å²) in [5.74, 6) is 0.965. The third-order valence-corrected chi connectivity index (χ3v) is 5.14. The minimum atomic E-state index is -0.336. The molecule has 2 N–H and O–H groups in total. The highest BCUT2D eigenvalue weighted by Gasteiger charge is 2.24. The Morgan fingerprint density at radius 3 is 2.29 bits per heavy atom. The number of urea groups is 1. The lowest BCUT2D eigenvalue weighted by molar-refractivity contribution is -0.121. The van der Waals surface area contributed by atoms with Crippen LogP contribution in [-0.4, -0.2) is 67.0 Å². The molecular formula is C18H34N4O2. The molecule has 0 spiro atoms. The largest absolute Gasteiger partial charge is 0.335 e. The van der Waals surface area contributed by atoms with Gasteiger partial charge in [0, 0.05) is 38.8 Å². The number of carbonyl (C=O) groups excluding carboxylic acids is 2. The number of rotatable bonds is 5. The molecule has 0 aromatic rings. The van der Waals surface area contributed by atoms with E-state index in [1.807, 2.05) is 0 Å². The molecule has 1 aliphatic carbocycles. The zero-order valence-corrected chi connectivity index (χ0v) is 15.5. The first kappa shape index (κ1) is 19.2. The average Bonchev–Trinajstić information content (AvgIpc) is 2.51. The molecule has 2 unspecified atom stereocenters. The van der Waals surface area contributed by atoms with Crippen molar-refractivity contribution in [3.8, 4) is 0 Å². The van der Waals surface area contributed by atoms with Gasteiger partial charge in [-0.2, -0.15) is 0 Å². The molecule has 0 bridgehead atoms. The Morgan fingerprint density at radius 1 is 1.04 bits per heavy atom. The van der Waals surface area contributed by atoms with E-state index in [2.05, 4.69) is 41.2 Å². The normalized spacial score (nSPS) is 26.3. The van der Waals surface area contributed by atoms with Crippen LogP contribution >= 0.6 is 0 Å². The van der Waals surface area contributed by atoms with E-state index in [0.717, 1.165) is 52.0 Å². The molecule has 24 heavy (non-hydrogen) atoms. The molecule has 0 radical (unpaired) electrons. The van der Waals surface area contributed by atoms with Crippen LogP contribution in [0.15, 0.2) is 0 Å². The molecule has 1 aliphatic heterocycles. The summed E-state index contributed by atoms with van der Waals surface area (Å²) in [6, 6.07) is -0.136. The molecular weight excluding hydrogens is 304 g/mol. The van der Waals surface area contributed by atoms with Crippen molar-refractivity contribution in [1.29, 1.82) is 0 Å². The molecule has 2 rings (SSSR count). The van der Waals surface area contributed by atoms with Crippen molar-refractivity contribution >= 4 is 11.9 Å². The highest BCUT2D eigenvalue weighted by atomic mass is 16.2. The van der Waals surface area contributed by atoms with Crippen LogP contribution in [0.5, 0.6) is 0 Å². The van der Waals surface area contributed by atoms with Crippen molar-refractivity contribution in [3.05, 3.63) is 0 Å². The van der Waals surface area contributed by atoms with E-state index < -0.39 is 0 Å². The zero-order valence-electron chi connectivity index (χ0n) is 15.5. The van der Waals surface area contributed by atoms with Gasteiger partial charge in [0.1, 0.15) is 0 Å². The lowest BCUT2D eigenvalue weighted by atomic mass is 9.86. The Morgan fingerprint density at radius 2 is 1.67 bits per heavy atom. The standard InChI is InChI=1S/C18H34N4O2/c1-14(2)12-21-8-10-22(11-9-21)13-17(23)20-18(24)19-16-7-5-4-6-15(16)3/h14-16H,4-13H2,1-3H3,(H2,19,20,23,24). The maximum atomic E-state index is 12.1. The van der Waals surface area contributed by atoms with Crippen molar-refractivity contribution in [2.75, 3.05) is 39.3 Å². The summed E-state index contributed by atoms with van der Waals surface area (Å²) in [7, 11) is 0. The second kappa shape index (κ2) is 9.37. The van der Waals surface area contributed by atoms with Crippen LogP contribution in [0.4, 0.5) is 4.79 Å². The highest BCUT2D eigenvalue weighted by molar-refractivity contribution is 5.95. The molecule has 1 saturated carbocycles. The second-order valence-electron chi connectivity index (χ2n) is 7.86. The van der Waals surface area contributed by atoms with Gasteiger partial charge >= 0.3 is 6.03 Å². The maximum Gasteiger partial charge on any atom is 0.321 e. The summed E-state index contributed by atoms with van der Waals surface area (Å²) < 4.78 is 0. The van der Waals surface area contributed by atoms with Gasteiger partial charge in [-0.25, -0.2) is 4.79 Å². The van der Waals surface area contributed by atoms with Crippen molar-refractivity contribution < 1.29 is 9.59 Å². The third-order valence-electron chi connectivity index (χ3n) is 5.14. The molecule has 138 valence electrons. The summed E-state index contributed by atoms with van der Waals surface area (Å²) in [6.07, 6.45) is 4.56. The number of amides is 3. The molecule has 2 aliphatic rings. The Balaban J connectivity index is 1.65. The molecule has 6 heteroatoms. The van der Waals surface area contributed by atoms with Crippen LogP contribution in [0.2, 0.25) is 0 Å². The predicted molar refractivity (Wildman–Crippen MR) is 95.8 cm³/mol. The number of imide groups is 1. The highest BCUT2D eigenvalue weighted by Crippen LogP contribution is 2.23. The van der Waals surface area contributed by atoms with Crippen LogP contribution < -0.4 is 10.6 Å². The van der Waals surface area contributed by atoms with Crippen molar-refractivity contribution in [1.82, 2.24) is 20.4 Å². The first-order valence-electron chi connectivity index (χ1n) is 9.49. The SMILES string of the molecule is CC(C)CN1CCN(CC(=O)NC(=O)NC2CCCCC2C)CC1. The van der Waals surface area contributed by atoms with E-state index in [4.69, 9.17) is 0 Å². The zero-order chi connectivity index (χ0) is 17.5. The molecule has 3 amide bonds. The molecule has 0 aromatic heterocycles. The van der Waals surface area contributed by atoms with Gasteiger partial charge in [0.25, 0.3) is 0 Å². The van der Waals surface area contributed by atoms with E-state index in [0.29, 0.717) is 18.4 Å². The first-order valence-corrected chi connectivity index (χ1v) is 9.49. The van der Waals surface area contributed by atoms with Gasteiger partial charge in [-0.3, -0.25) is 15.0 Å². The Hall–Kier alpha value is -1.14. The van der Waals surface area contributed by atoms with E-state index in [9.17, 15) is 9.59 Å². The van der Waals surface area contributed by atoms with Gasteiger partial charge in [0.05, 0.1) is 6.54 Å². The van der Waals surface area contributed by atoms with Gasteiger partial charge in [0.15, 0.2) is 0 Å². The minimum absolute atomic E-state index is 0.200. The van der Waals surface area contributed by atoms with Gasteiger partial charge < -0.3 is 10.2 Å². The summed E-state index contributed by atoms with van der Waals surface area (Å²) in [5, 5.41) is 5.46. The van der Waals surface area contributed by atoms with Crippen LogP contribution in [0.25, 0.3) is 0 Å². The monoisotopic (exact) mass is 338 g/mol. The average molecular weight is 338 g/mol. The van der Waals surface area contributed by atoms with Gasteiger partial charge in [-0.15, -0.1) is 0 Å². The summed E-state index contributed by atoms with van der Waals surface area (Å²) in [4.78, 5) is 28.7. The van der Waals surface area contributed by atoms with Crippen molar-refractivity contribution in [2.45, 2.75) is 52.5 Å². The fourth-order valence-corrected chi connectivity index (χ4v) is 3.75. The van der Waals surface area contributed by atoms with Gasteiger partial charge in [-0.1, -0.05) is 33.6 Å². The first-order chi connectivity index (χ1) is 11.4. The van der Waals surface area contributed by atoms with Gasteiger partial charge in [-0.05, 0) is 24.7 Å².